The summed E-state index contributed by atoms with van der Waals surface area (Å²) in [6.45, 7) is 7.41. The first kappa shape index (κ1) is 24.9. The number of hydrogen-bond acceptors (Lipinski definition) is 5. The Balaban J connectivity index is 1.42. The third-order valence-corrected chi connectivity index (χ3v) is 7.70. The molecule has 3 aliphatic rings. The molecule has 1 aliphatic carbocycles. The van der Waals surface area contributed by atoms with E-state index in [0.29, 0.717) is 36.9 Å². The van der Waals surface area contributed by atoms with Crippen molar-refractivity contribution in [2.45, 2.75) is 77.4 Å². The van der Waals surface area contributed by atoms with E-state index >= 15 is 0 Å². The van der Waals surface area contributed by atoms with Crippen LogP contribution >= 0.6 is 0 Å². The third kappa shape index (κ3) is 4.79. The minimum atomic E-state index is -3.28. The molecule has 2 saturated heterocycles. The van der Waals surface area contributed by atoms with Gasteiger partial charge in [-0.05, 0) is 37.5 Å². The quantitative estimate of drug-likeness (QED) is 0.640. The molecule has 10 heteroatoms. The van der Waals surface area contributed by atoms with Gasteiger partial charge in [0.2, 0.25) is 11.7 Å². The summed E-state index contributed by atoms with van der Waals surface area (Å²) in [4.78, 5) is 26.5. The van der Waals surface area contributed by atoms with Gasteiger partial charge >= 0.3 is 0 Å². The zero-order chi connectivity index (χ0) is 25.6. The molecule has 2 amide bonds. The molecule has 0 spiro atoms. The van der Waals surface area contributed by atoms with Crippen molar-refractivity contribution in [2.24, 2.45) is 5.92 Å². The molecule has 196 valence electrons. The van der Waals surface area contributed by atoms with Crippen molar-refractivity contribution in [1.29, 1.82) is 0 Å². The van der Waals surface area contributed by atoms with Crippen LogP contribution in [0, 0.1) is 5.92 Å². The number of ether oxygens (including phenoxy) is 1. The maximum atomic E-state index is 15.0. The highest BCUT2D eigenvalue weighted by Crippen LogP contribution is 2.48. The number of carbonyl (C=O) groups excluding carboxylic acids is 2. The zero-order valence-electron chi connectivity index (χ0n) is 21.1. The summed E-state index contributed by atoms with van der Waals surface area (Å²) in [5, 5.41) is 7.46. The largest absolute Gasteiger partial charge is 0.455 e. The number of nitrogens with one attached hydrogen (secondary N) is 1. The smallest absolute Gasteiger partial charge is 0.287 e. The van der Waals surface area contributed by atoms with E-state index in [9.17, 15) is 18.4 Å². The molecule has 2 atom stereocenters. The number of alkyl halides is 2. The molecule has 5 rings (SSSR count). The average Bonchev–Trinajstić information content (AvgIpc) is 3.55. The molecule has 2 aliphatic heterocycles. The van der Waals surface area contributed by atoms with E-state index in [1.165, 1.54) is 0 Å². The number of amides is 2. The number of fused-ring (bicyclic) bond motifs is 3. The molecule has 0 aromatic carbocycles. The molecule has 0 radical (unpaired) electrons. The third-order valence-electron chi connectivity index (χ3n) is 7.70. The van der Waals surface area contributed by atoms with Crippen LogP contribution in [0.15, 0.2) is 10.6 Å². The zero-order valence-corrected chi connectivity index (χ0v) is 21.1. The molecule has 2 aromatic rings. The van der Waals surface area contributed by atoms with E-state index in [0.717, 1.165) is 51.3 Å². The van der Waals surface area contributed by atoms with Gasteiger partial charge in [0, 0.05) is 64.8 Å². The molecule has 4 heterocycles. The summed E-state index contributed by atoms with van der Waals surface area (Å²) in [6, 6.07) is 0. The van der Waals surface area contributed by atoms with Crippen molar-refractivity contribution in [3.05, 3.63) is 28.8 Å². The molecular weight excluding hydrogens is 470 g/mol. The number of likely N-dealkylation sites (tertiary alicyclic amines) is 1. The lowest BCUT2D eigenvalue weighted by Gasteiger charge is -2.31. The molecule has 36 heavy (non-hydrogen) atoms. The van der Waals surface area contributed by atoms with Gasteiger partial charge in [0.1, 0.15) is 5.76 Å². The van der Waals surface area contributed by atoms with Crippen molar-refractivity contribution in [3.8, 4) is 11.3 Å². The molecule has 0 unspecified atom stereocenters. The molecular formula is C26H34F2N4O4. The number of nitrogens with zero attached hydrogens (tertiary/aromatic N) is 3. The van der Waals surface area contributed by atoms with Crippen LogP contribution in [0.2, 0.25) is 0 Å². The Bertz CT molecular complexity index is 1140. The predicted octanol–water partition coefficient (Wildman–Crippen LogP) is 4.08. The molecule has 8 nitrogen and oxygen atoms in total. The minimum absolute atomic E-state index is 0.0214. The van der Waals surface area contributed by atoms with Crippen molar-refractivity contribution >= 4 is 11.8 Å². The normalized spacial score (nSPS) is 22.4. The lowest BCUT2D eigenvalue weighted by Crippen LogP contribution is -2.38. The van der Waals surface area contributed by atoms with Gasteiger partial charge in [-0.3, -0.25) is 14.3 Å². The molecule has 1 N–H and O–H groups in total. The first-order valence-electron chi connectivity index (χ1n) is 12.9. The van der Waals surface area contributed by atoms with Crippen molar-refractivity contribution in [2.75, 3.05) is 26.2 Å². The fourth-order valence-electron chi connectivity index (χ4n) is 5.71. The second-order valence-electron chi connectivity index (χ2n) is 10.5. The Morgan fingerprint density at radius 1 is 1.25 bits per heavy atom. The van der Waals surface area contributed by atoms with Gasteiger partial charge in [-0.1, -0.05) is 6.92 Å². The fourth-order valence-corrected chi connectivity index (χ4v) is 5.71. The number of carbonyl (C=O) groups is 2. The monoisotopic (exact) mass is 504 g/mol. The van der Waals surface area contributed by atoms with Crippen molar-refractivity contribution in [1.82, 2.24) is 20.0 Å². The van der Waals surface area contributed by atoms with E-state index in [4.69, 9.17) is 14.3 Å². The minimum Gasteiger partial charge on any atom is -0.455 e. The van der Waals surface area contributed by atoms with Gasteiger partial charge < -0.3 is 19.4 Å². The van der Waals surface area contributed by atoms with E-state index in [-0.39, 0.29) is 35.8 Å². The van der Waals surface area contributed by atoms with Gasteiger partial charge in [-0.25, -0.2) is 8.78 Å². The van der Waals surface area contributed by atoms with E-state index in [2.05, 4.69) is 5.32 Å². The van der Waals surface area contributed by atoms with Gasteiger partial charge in [-0.2, -0.15) is 5.10 Å². The van der Waals surface area contributed by atoms with Gasteiger partial charge in [0.15, 0.2) is 0 Å². The van der Waals surface area contributed by atoms with Crippen molar-refractivity contribution < 1.29 is 27.5 Å². The molecule has 2 aromatic heterocycles. The van der Waals surface area contributed by atoms with E-state index < -0.39 is 17.4 Å². The van der Waals surface area contributed by atoms with Crippen LogP contribution in [0.1, 0.15) is 79.8 Å². The summed E-state index contributed by atoms with van der Waals surface area (Å²) >= 11 is 0. The lowest BCUT2D eigenvalue weighted by molar-refractivity contribution is -0.130. The van der Waals surface area contributed by atoms with Crippen LogP contribution in [0.5, 0.6) is 0 Å². The Labute approximate surface area is 209 Å². The van der Waals surface area contributed by atoms with Crippen molar-refractivity contribution in [3.63, 3.8) is 0 Å². The number of piperidine rings is 1. The standard InChI is InChI=1S/C26H34F2N4O4/c1-15-11-20-21(22(26(3,27)28)24(36-20)25(34)29-12-18-5-4-10-35-18)23-19(15)14-32(30-23)13-17-6-8-31(9-7-17)16(2)33/h14-15,17-18H,4-13H2,1-3H3,(H,29,34)/t15-,18+/m1/s1. The Morgan fingerprint density at radius 3 is 2.64 bits per heavy atom. The Morgan fingerprint density at radius 2 is 2.00 bits per heavy atom. The van der Waals surface area contributed by atoms with Crippen LogP contribution in [-0.2, 0) is 28.4 Å². The number of furan rings is 1. The molecule has 2 fully saturated rings. The summed E-state index contributed by atoms with van der Waals surface area (Å²) < 4.78 is 43.2. The summed E-state index contributed by atoms with van der Waals surface area (Å²) in [7, 11) is 0. The van der Waals surface area contributed by atoms with Crippen LogP contribution in [0.4, 0.5) is 8.78 Å². The van der Waals surface area contributed by atoms with Crippen LogP contribution < -0.4 is 5.32 Å². The summed E-state index contributed by atoms with van der Waals surface area (Å²) in [5.74, 6) is -3.42. The highest BCUT2D eigenvalue weighted by molar-refractivity contribution is 5.96. The lowest BCUT2D eigenvalue weighted by atomic mass is 9.85. The summed E-state index contributed by atoms with van der Waals surface area (Å²) in [6.07, 6.45) is 5.78. The highest BCUT2D eigenvalue weighted by atomic mass is 19.3. The first-order valence-corrected chi connectivity index (χ1v) is 12.9. The van der Waals surface area contributed by atoms with Gasteiger partial charge in [0.05, 0.1) is 22.9 Å². The topological polar surface area (TPSA) is 89.6 Å². The maximum Gasteiger partial charge on any atom is 0.287 e. The fraction of sp³-hybridized carbons (Fsp3) is 0.654. The second-order valence-corrected chi connectivity index (χ2v) is 10.5. The highest BCUT2D eigenvalue weighted by Gasteiger charge is 2.43. The number of rotatable bonds is 6. The molecule has 0 bridgehead atoms. The van der Waals surface area contributed by atoms with Crippen LogP contribution in [-0.4, -0.2) is 58.8 Å². The Hall–Kier alpha value is -2.75. The number of halogens is 2. The maximum absolute atomic E-state index is 15.0. The number of aromatic nitrogens is 2. The second kappa shape index (κ2) is 9.61. The number of hydrogen-bond donors (Lipinski definition) is 1. The predicted molar refractivity (Wildman–Crippen MR) is 128 cm³/mol. The van der Waals surface area contributed by atoms with Gasteiger partial charge in [-0.15, -0.1) is 0 Å². The summed E-state index contributed by atoms with van der Waals surface area (Å²) in [5.41, 5.74) is 1.23. The molecule has 0 saturated carbocycles. The van der Waals surface area contributed by atoms with E-state index in [1.807, 2.05) is 22.7 Å². The Kier molecular flexibility index (Phi) is 6.65. The average molecular weight is 505 g/mol. The van der Waals surface area contributed by atoms with E-state index in [1.54, 1.807) is 6.92 Å². The first-order chi connectivity index (χ1) is 17.1. The SMILES string of the molecule is CC(=O)N1CCC(Cn2cc3c(n2)-c2c(oc(C(=O)NC[C@@H]4CCCO4)c2C(C)(F)F)C[C@H]3C)CC1. The van der Waals surface area contributed by atoms with Crippen LogP contribution in [0.25, 0.3) is 11.3 Å². The van der Waals surface area contributed by atoms with Crippen LogP contribution in [0.3, 0.4) is 0 Å². The van der Waals surface area contributed by atoms with Gasteiger partial charge in [0.25, 0.3) is 11.8 Å².